The van der Waals surface area contributed by atoms with Crippen LogP contribution in [-0.2, 0) is 28.7 Å². The molecule has 1 aromatic carbocycles. The Morgan fingerprint density at radius 3 is 2.43 bits per heavy atom. The van der Waals surface area contributed by atoms with Crippen molar-refractivity contribution in [3.05, 3.63) is 24.3 Å². The van der Waals surface area contributed by atoms with Crippen LogP contribution in [0, 0.1) is 23.7 Å². The van der Waals surface area contributed by atoms with Crippen molar-refractivity contribution in [3.63, 3.8) is 0 Å². The number of hydrogen-bond acceptors (Lipinski definition) is 6. The van der Waals surface area contributed by atoms with Crippen LogP contribution < -0.4 is 10.6 Å². The minimum Gasteiger partial charge on any atom is -0.461 e. The first-order valence-corrected chi connectivity index (χ1v) is 9.95. The topological polar surface area (TPSA) is 111 Å². The van der Waals surface area contributed by atoms with Gasteiger partial charge in [0.2, 0.25) is 5.91 Å². The molecule has 9 heteroatoms. The first kappa shape index (κ1) is 18.9. The Bertz CT molecular complexity index is 841. The van der Waals surface area contributed by atoms with Gasteiger partial charge in [-0.25, -0.2) is 0 Å². The van der Waals surface area contributed by atoms with Gasteiger partial charge >= 0.3 is 11.9 Å². The van der Waals surface area contributed by atoms with E-state index in [0.29, 0.717) is 11.4 Å². The summed E-state index contributed by atoms with van der Waals surface area (Å²) in [6.07, 6.45) is 0.596. The third kappa shape index (κ3) is 3.28. The van der Waals surface area contributed by atoms with E-state index in [1.807, 2.05) is 0 Å². The zero-order valence-corrected chi connectivity index (χ0v) is 16.6. The molecule has 8 nitrogen and oxygen atoms in total. The van der Waals surface area contributed by atoms with Crippen molar-refractivity contribution in [1.29, 1.82) is 0 Å². The van der Waals surface area contributed by atoms with Crippen LogP contribution in [0.25, 0.3) is 0 Å². The van der Waals surface area contributed by atoms with Gasteiger partial charge in [-0.3, -0.25) is 19.2 Å². The molecule has 2 saturated carbocycles. The average Bonchev–Trinajstić information content (AvgIpc) is 3.25. The smallest absolute Gasteiger partial charge is 0.310 e. The van der Waals surface area contributed by atoms with Crippen LogP contribution in [0.1, 0.15) is 13.3 Å². The van der Waals surface area contributed by atoms with Gasteiger partial charge in [-0.05, 0) is 36.6 Å². The summed E-state index contributed by atoms with van der Waals surface area (Å²) in [7, 11) is 0. The summed E-state index contributed by atoms with van der Waals surface area (Å²) in [6.45, 7) is 0.974. The molecule has 2 amide bonds. The van der Waals surface area contributed by atoms with Crippen LogP contribution in [0.5, 0.6) is 0 Å². The summed E-state index contributed by atoms with van der Waals surface area (Å²) in [5.74, 6) is -2.52. The first-order chi connectivity index (χ1) is 13.3. The van der Waals surface area contributed by atoms with Crippen LogP contribution >= 0.6 is 15.9 Å². The van der Waals surface area contributed by atoms with Crippen molar-refractivity contribution in [1.82, 2.24) is 0 Å². The summed E-state index contributed by atoms with van der Waals surface area (Å²) in [5, 5.41) is 5.25. The molecular formula is C19H19BrN2O6. The van der Waals surface area contributed by atoms with Gasteiger partial charge in [0.05, 0.1) is 16.7 Å². The number of fused-ring (bicyclic) bond motifs is 1. The zero-order chi connectivity index (χ0) is 20.0. The maximum Gasteiger partial charge on any atom is 0.310 e. The SMILES string of the molecule is CC(=O)Nc1ccc(NC(=O)COC(=O)[C@@H]2[C@H]3C[C@H]4[C@H](OC(=O)[C@@H]42)[C@@H]3Br)cc1. The Hall–Kier alpha value is -2.42. The van der Waals surface area contributed by atoms with Crippen LogP contribution in [0.4, 0.5) is 11.4 Å². The molecule has 1 aromatic rings. The third-order valence-corrected chi connectivity index (χ3v) is 6.83. The molecule has 0 unspecified atom stereocenters. The summed E-state index contributed by atoms with van der Waals surface area (Å²) in [4.78, 5) is 47.7. The number of ether oxygens (including phenoxy) is 2. The van der Waals surface area contributed by atoms with E-state index >= 15 is 0 Å². The highest BCUT2D eigenvalue weighted by atomic mass is 79.9. The second kappa shape index (κ2) is 7.20. The monoisotopic (exact) mass is 450 g/mol. The Morgan fingerprint density at radius 2 is 1.79 bits per heavy atom. The highest BCUT2D eigenvalue weighted by Crippen LogP contribution is 2.60. The second-order valence-corrected chi connectivity index (χ2v) is 8.43. The van der Waals surface area contributed by atoms with Gasteiger partial charge in [-0.2, -0.15) is 0 Å². The number of alkyl halides is 1. The zero-order valence-electron chi connectivity index (χ0n) is 15.0. The molecule has 2 aliphatic carbocycles. The lowest BCUT2D eigenvalue weighted by atomic mass is 9.80. The molecule has 2 bridgehead atoms. The largest absolute Gasteiger partial charge is 0.461 e. The van der Waals surface area contributed by atoms with Crippen LogP contribution in [0.2, 0.25) is 0 Å². The number of halogens is 1. The van der Waals surface area contributed by atoms with Crippen molar-refractivity contribution in [2.45, 2.75) is 24.3 Å². The number of anilines is 2. The van der Waals surface area contributed by atoms with E-state index in [9.17, 15) is 19.2 Å². The summed E-state index contributed by atoms with van der Waals surface area (Å²) >= 11 is 3.54. The van der Waals surface area contributed by atoms with Gasteiger partial charge < -0.3 is 20.1 Å². The molecule has 2 N–H and O–H groups in total. The number of amides is 2. The van der Waals surface area contributed by atoms with E-state index < -0.39 is 30.3 Å². The molecule has 3 fully saturated rings. The fourth-order valence-electron chi connectivity index (χ4n) is 4.56. The van der Waals surface area contributed by atoms with E-state index in [1.165, 1.54) is 6.92 Å². The lowest BCUT2D eigenvalue weighted by Crippen LogP contribution is -2.39. The minimum absolute atomic E-state index is 0.0108. The number of carbonyl (C=O) groups is 4. The molecule has 0 aromatic heterocycles. The van der Waals surface area contributed by atoms with E-state index in [0.717, 1.165) is 6.42 Å². The molecule has 4 rings (SSSR count). The Kier molecular flexibility index (Phi) is 4.86. The van der Waals surface area contributed by atoms with E-state index in [4.69, 9.17) is 9.47 Å². The van der Waals surface area contributed by atoms with Crippen LogP contribution in [-0.4, -0.2) is 41.3 Å². The average molecular weight is 451 g/mol. The maximum absolute atomic E-state index is 12.5. The van der Waals surface area contributed by atoms with E-state index in [2.05, 4.69) is 26.6 Å². The number of carbonyl (C=O) groups excluding carboxylic acids is 4. The highest BCUT2D eigenvalue weighted by molar-refractivity contribution is 9.09. The Morgan fingerprint density at radius 1 is 1.14 bits per heavy atom. The number of hydrogen-bond donors (Lipinski definition) is 2. The van der Waals surface area contributed by atoms with Crippen molar-refractivity contribution < 1.29 is 28.7 Å². The molecule has 3 aliphatic rings. The number of esters is 2. The molecule has 0 radical (unpaired) electrons. The van der Waals surface area contributed by atoms with E-state index in [-0.39, 0.29) is 34.6 Å². The molecule has 6 atom stereocenters. The predicted octanol–water partition coefficient (Wildman–Crippen LogP) is 1.70. The fraction of sp³-hybridized carbons (Fsp3) is 0.474. The molecule has 0 spiro atoms. The molecule has 148 valence electrons. The van der Waals surface area contributed by atoms with Crippen molar-refractivity contribution in [2.24, 2.45) is 23.7 Å². The van der Waals surface area contributed by atoms with Gasteiger partial charge in [-0.15, -0.1) is 0 Å². The van der Waals surface area contributed by atoms with Crippen molar-refractivity contribution in [2.75, 3.05) is 17.2 Å². The van der Waals surface area contributed by atoms with Gasteiger partial charge in [0.1, 0.15) is 6.10 Å². The molecule has 28 heavy (non-hydrogen) atoms. The predicted molar refractivity (Wildman–Crippen MR) is 102 cm³/mol. The van der Waals surface area contributed by atoms with Gasteiger partial charge in [-0.1, -0.05) is 15.9 Å². The molecular weight excluding hydrogens is 432 g/mol. The van der Waals surface area contributed by atoms with Gasteiger partial charge in [0, 0.05) is 24.2 Å². The summed E-state index contributed by atoms with van der Waals surface area (Å²) in [6, 6.07) is 6.56. The lowest BCUT2D eigenvalue weighted by molar-refractivity contribution is -0.157. The van der Waals surface area contributed by atoms with Crippen molar-refractivity contribution >= 4 is 51.1 Å². The number of rotatable bonds is 5. The summed E-state index contributed by atoms with van der Waals surface area (Å²) < 4.78 is 10.6. The summed E-state index contributed by atoms with van der Waals surface area (Å²) in [5.41, 5.74) is 1.12. The number of nitrogens with one attached hydrogen (secondary N) is 2. The molecule has 1 aliphatic heterocycles. The van der Waals surface area contributed by atoms with Crippen LogP contribution in [0.15, 0.2) is 24.3 Å². The molecule has 1 saturated heterocycles. The third-order valence-electron chi connectivity index (χ3n) is 5.63. The lowest BCUT2D eigenvalue weighted by Gasteiger charge is -2.26. The normalized spacial score (nSPS) is 32.0. The Labute approximate surface area is 169 Å². The highest BCUT2D eigenvalue weighted by Gasteiger charge is 2.68. The van der Waals surface area contributed by atoms with Crippen molar-refractivity contribution in [3.8, 4) is 0 Å². The van der Waals surface area contributed by atoms with Gasteiger partial charge in [0.15, 0.2) is 6.61 Å². The maximum atomic E-state index is 12.5. The molecule has 1 heterocycles. The van der Waals surface area contributed by atoms with Gasteiger partial charge in [0.25, 0.3) is 5.91 Å². The minimum atomic E-state index is -0.564. The van der Waals surface area contributed by atoms with E-state index in [1.54, 1.807) is 24.3 Å². The fourth-order valence-corrected chi connectivity index (χ4v) is 5.61. The Balaban J connectivity index is 1.31. The second-order valence-electron chi connectivity index (χ2n) is 7.38. The standard InChI is InChI=1S/C19H19BrN2O6/c1-8(23)21-9-2-4-10(5-3-9)22-13(24)7-27-18(25)14-11-6-12-15(14)19(26)28-17(12)16(11)20/h2-5,11-12,14-17H,6-7H2,1H3,(H,21,23)(H,22,24)/t11-,12-,14-,15+,16-,17+/m1/s1. The number of benzene rings is 1. The quantitative estimate of drug-likeness (QED) is 0.521. The first-order valence-electron chi connectivity index (χ1n) is 9.04. The van der Waals surface area contributed by atoms with Crippen LogP contribution in [0.3, 0.4) is 0 Å².